The van der Waals surface area contributed by atoms with E-state index >= 15 is 0 Å². The Morgan fingerprint density at radius 1 is 1.07 bits per heavy atom. The van der Waals surface area contributed by atoms with Crippen LogP contribution in [-0.4, -0.2) is 4.40 Å². The number of rotatable bonds is 2. The van der Waals surface area contributed by atoms with Gasteiger partial charge in [0, 0.05) is 0 Å². The Kier molecular flexibility index (Phi) is 5.23. The van der Waals surface area contributed by atoms with Gasteiger partial charge in [-0.15, -0.1) is 0 Å². The van der Waals surface area contributed by atoms with Crippen LogP contribution in [0.3, 0.4) is 0 Å². The van der Waals surface area contributed by atoms with Crippen LogP contribution in [0.2, 0.25) is 0 Å². The molecule has 0 atom stereocenters. The van der Waals surface area contributed by atoms with E-state index in [0.29, 0.717) is 0 Å². The average Bonchev–Trinajstić information content (AvgIpc) is 1.93. The van der Waals surface area contributed by atoms with Crippen molar-refractivity contribution < 1.29 is 19.4 Å². The van der Waals surface area contributed by atoms with E-state index in [4.69, 9.17) is 0 Å². The Morgan fingerprint density at radius 3 is 1.86 bits per heavy atom. The summed E-state index contributed by atoms with van der Waals surface area (Å²) in [5.74, 6) is 0. The molecule has 1 heteroatoms. The molecule has 0 aliphatic carbocycles. The fourth-order valence-electron chi connectivity index (χ4n) is 0.848. The second-order valence-corrected chi connectivity index (χ2v) is 6.40. The molecule has 0 spiro atoms. The summed E-state index contributed by atoms with van der Waals surface area (Å²) in [5.41, 5.74) is 1.79. The third-order valence-corrected chi connectivity index (χ3v) is 2.68. The SMILES string of the molecule is CC(C)(C)[C-]=C/C=C(\[CH]=[W])C(C)(C)C. The van der Waals surface area contributed by atoms with Gasteiger partial charge in [0.05, 0.1) is 0 Å². The zero-order valence-corrected chi connectivity index (χ0v) is 13.1. The van der Waals surface area contributed by atoms with Crippen molar-refractivity contribution in [3.63, 3.8) is 0 Å². The van der Waals surface area contributed by atoms with Crippen LogP contribution in [0.25, 0.3) is 0 Å². The molecule has 0 aromatic carbocycles. The molecule has 0 N–H and O–H groups in total. The second kappa shape index (κ2) is 5.21. The van der Waals surface area contributed by atoms with Crippen LogP contribution in [0, 0.1) is 16.9 Å². The van der Waals surface area contributed by atoms with Crippen molar-refractivity contribution in [3.05, 3.63) is 23.8 Å². The molecule has 0 saturated carbocycles. The topological polar surface area (TPSA) is 0 Å². The molecular formula is C13H21W-. The van der Waals surface area contributed by atoms with E-state index in [9.17, 15) is 0 Å². The summed E-state index contributed by atoms with van der Waals surface area (Å²) in [5, 5.41) is 0. The summed E-state index contributed by atoms with van der Waals surface area (Å²) in [6, 6.07) is 0. The molecule has 0 bridgehead atoms. The molecule has 0 unspecified atom stereocenters. The number of hydrogen-bond donors (Lipinski definition) is 0. The van der Waals surface area contributed by atoms with Crippen molar-refractivity contribution in [2.24, 2.45) is 10.8 Å². The van der Waals surface area contributed by atoms with Gasteiger partial charge in [-0.25, -0.2) is 0 Å². The Balaban J connectivity index is 4.66. The summed E-state index contributed by atoms with van der Waals surface area (Å²) in [6.45, 7) is 13.2. The van der Waals surface area contributed by atoms with Crippen molar-refractivity contribution in [2.75, 3.05) is 0 Å². The summed E-state index contributed by atoms with van der Waals surface area (Å²) in [7, 11) is 0. The van der Waals surface area contributed by atoms with Gasteiger partial charge in [-0.3, -0.25) is 0 Å². The summed E-state index contributed by atoms with van der Waals surface area (Å²) in [6.07, 6.45) is 7.58. The van der Waals surface area contributed by atoms with Gasteiger partial charge in [0.25, 0.3) is 0 Å². The van der Waals surface area contributed by atoms with Gasteiger partial charge in [-0.2, -0.15) is 0 Å². The molecule has 0 radical (unpaired) electrons. The van der Waals surface area contributed by atoms with Crippen molar-refractivity contribution in [1.29, 1.82) is 0 Å². The Morgan fingerprint density at radius 2 is 1.57 bits per heavy atom. The van der Waals surface area contributed by atoms with E-state index in [1.165, 1.54) is 24.9 Å². The minimum atomic E-state index is 0.153. The van der Waals surface area contributed by atoms with Crippen LogP contribution < -0.4 is 0 Å². The van der Waals surface area contributed by atoms with Crippen molar-refractivity contribution in [3.8, 4) is 0 Å². The molecule has 0 nitrogen and oxygen atoms in total. The molecule has 0 rings (SSSR count). The predicted molar refractivity (Wildman–Crippen MR) is 60.9 cm³/mol. The molecular weight excluding hydrogens is 340 g/mol. The van der Waals surface area contributed by atoms with Gasteiger partial charge < -0.3 is 0 Å². The van der Waals surface area contributed by atoms with E-state index in [1.807, 2.05) is 0 Å². The Labute approximate surface area is 99.9 Å². The van der Waals surface area contributed by atoms with Crippen molar-refractivity contribution >= 4 is 4.40 Å². The van der Waals surface area contributed by atoms with Crippen LogP contribution >= 0.6 is 0 Å². The quantitative estimate of drug-likeness (QED) is 0.520. The van der Waals surface area contributed by atoms with Gasteiger partial charge in [0.15, 0.2) is 0 Å². The average molecular weight is 361 g/mol. The number of allylic oxidation sites excluding steroid dienone is 4. The van der Waals surface area contributed by atoms with Crippen molar-refractivity contribution in [1.82, 2.24) is 0 Å². The van der Waals surface area contributed by atoms with Crippen LogP contribution in [0.5, 0.6) is 0 Å². The zero-order chi connectivity index (χ0) is 11.4. The monoisotopic (exact) mass is 361 g/mol. The van der Waals surface area contributed by atoms with Crippen LogP contribution in [0.4, 0.5) is 0 Å². The summed E-state index contributed by atoms with van der Waals surface area (Å²) >= 11 is 1.50. The standard InChI is InChI=1S/C13H21.W/c1-11(13(5,6)7)9-8-10-12(2,3)4;/h1,8-9H,2-7H3;/q-1;/b11-9+;. The van der Waals surface area contributed by atoms with Gasteiger partial charge >= 0.3 is 99.9 Å². The molecule has 0 aliphatic heterocycles. The first-order valence-corrected chi connectivity index (χ1v) is 6.63. The van der Waals surface area contributed by atoms with E-state index in [1.54, 1.807) is 0 Å². The maximum atomic E-state index is 3.35. The fourth-order valence-corrected chi connectivity index (χ4v) is 2.40. The molecule has 0 heterocycles. The molecule has 0 saturated heterocycles. The van der Waals surface area contributed by atoms with Gasteiger partial charge in [-0.1, -0.05) is 0 Å². The summed E-state index contributed by atoms with van der Waals surface area (Å²) in [4.78, 5) is 0. The van der Waals surface area contributed by atoms with Gasteiger partial charge in [-0.05, 0) is 0 Å². The molecule has 0 aromatic heterocycles. The molecule has 0 aliphatic rings. The molecule has 14 heavy (non-hydrogen) atoms. The minimum absolute atomic E-state index is 0.153. The first-order valence-electron chi connectivity index (χ1n) is 4.94. The molecule has 0 aromatic rings. The Bertz CT molecular complexity index is 243. The van der Waals surface area contributed by atoms with E-state index in [0.717, 1.165) is 0 Å². The van der Waals surface area contributed by atoms with Crippen LogP contribution in [0.1, 0.15) is 41.5 Å². The summed E-state index contributed by atoms with van der Waals surface area (Å²) < 4.78 is 2.25. The van der Waals surface area contributed by atoms with E-state index in [-0.39, 0.29) is 10.8 Å². The van der Waals surface area contributed by atoms with Crippen LogP contribution in [0.15, 0.2) is 17.7 Å². The third-order valence-electron chi connectivity index (χ3n) is 1.77. The molecule has 80 valence electrons. The van der Waals surface area contributed by atoms with E-state index < -0.39 is 0 Å². The molecule has 0 amide bonds. The van der Waals surface area contributed by atoms with Gasteiger partial charge in [0.1, 0.15) is 0 Å². The second-order valence-electron chi connectivity index (χ2n) is 5.55. The van der Waals surface area contributed by atoms with Crippen molar-refractivity contribution in [2.45, 2.75) is 41.5 Å². The Hall–Kier alpha value is 0.0383. The first kappa shape index (κ1) is 14.0. The third kappa shape index (κ3) is 6.49. The first-order chi connectivity index (χ1) is 6.17. The number of hydrogen-bond acceptors (Lipinski definition) is 0. The van der Waals surface area contributed by atoms with Gasteiger partial charge in [0.2, 0.25) is 0 Å². The predicted octanol–water partition coefficient (Wildman–Crippen LogP) is 3.71. The molecule has 0 fully saturated rings. The maximum absolute atomic E-state index is 3.35. The van der Waals surface area contributed by atoms with Crippen LogP contribution in [-0.2, 0) is 19.4 Å². The normalized spacial score (nSPS) is 14.9. The van der Waals surface area contributed by atoms with E-state index in [2.05, 4.69) is 64.2 Å². The fraction of sp³-hybridized carbons (Fsp3) is 0.615. The zero-order valence-electron chi connectivity index (χ0n) is 10.1.